The smallest absolute Gasteiger partial charge is 0.178 e. The predicted octanol–water partition coefficient (Wildman–Crippen LogP) is 5.23. The number of halogens is 1. The van der Waals surface area contributed by atoms with Crippen LogP contribution in [0.2, 0.25) is 5.02 Å². The van der Waals surface area contributed by atoms with E-state index in [1.165, 1.54) is 0 Å². The van der Waals surface area contributed by atoms with Crippen LogP contribution in [0.4, 0.5) is 0 Å². The fourth-order valence-electron chi connectivity index (χ4n) is 4.06. The maximum atomic E-state index is 11.5. The van der Waals surface area contributed by atoms with Gasteiger partial charge in [0.25, 0.3) is 0 Å². The highest BCUT2D eigenvalue weighted by Crippen LogP contribution is 2.46. The van der Waals surface area contributed by atoms with Gasteiger partial charge in [0, 0.05) is 21.7 Å². The van der Waals surface area contributed by atoms with Gasteiger partial charge in [-0.05, 0) is 17.2 Å². The van der Waals surface area contributed by atoms with Gasteiger partial charge in [0.05, 0.1) is 27.1 Å². The summed E-state index contributed by atoms with van der Waals surface area (Å²) in [6, 6.07) is 24.0. The molecule has 1 aliphatic rings. The van der Waals surface area contributed by atoms with Crippen molar-refractivity contribution >= 4 is 11.6 Å². The molecular formula is C26H25ClNO+. The lowest BCUT2D eigenvalue weighted by atomic mass is 9.92. The number of benzene rings is 3. The fraction of sp³-hybridized carbons (Fsp3) is 0.231. The quantitative estimate of drug-likeness (QED) is 0.468. The fourth-order valence-corrected chi connectivity index (χ4v) is 4.26. The van der Waals surface area contributed by atoms with Gasteiger partial charge in [0.15, 0.2) is 5.60 Å². The van der Waals surface area contributed by atoms with Crippen molar-refractivity contribution in [3.63, 3.8) is 0 Å². The van der Waals surface area contributed by atoms with E-state index < -0.39 is 5.60 Å². The Morgan fingerprint density at radius 2 is 1.41 bits per heavy atom. The minimum Gasteiger partial charge on any atom is -0.369 e. The van der Waals surface area contributed by atoms with Crippen LogP contribution in [0.15, 0.2) is 72.8 Å². The number of fused-ring (bicyclic) bond motifs is 3. The highest BCUT2D eigenvalue weighted by atomic mass is 35.5. The number of nitrogens with zero attached hydrogens (tertiary/aromatic N) is 1. The van der Waals surface area contributed by atoms with Crippen LogP contribution in [-0.4, -0.2) is 30.2 Å². The zero-order valence-electron chi connectivity index (χ0n) is 16.8. The van der Waals surface area contributed by atoms with Gasteiger partial charge in [0.2, 0.25) is 0 Å². The molecule has 0 atom stereocenters. The predicted molar refractivity (Wildman–Crippen MR) is 119 cm³/mol. The van der Waals surface area contributed by atoms with Crippen LogP contribution in [0.1, 0.15) is 23.1 Å². The van der Waals surface area contributed by atoms with Crippen molar-refractivity contribution < 1.29 is 9.59 Å². The van der Waals surface area contributed by atoms with E-state index in [-0.39, 0.29) is 0 Å². The van der Waals surface area contributed by atoms with Crippen LogP contribution >= 0.6 is 11.6 Å². The Labute approximate surface area is 178 Å². The second-order valence-electron chi connectivity index (χ2n) is 8.26. The summed E-state index contributed by atoms with van der Waals surface area (Å²) in [6.07, 6.45) is 0.699. The molecule has 0 saturated carbocycles. The second-order valence-corrected chi connectivity index (χ2v) is 8.67. The van der Waals surface area contributed by atoms with E-state index in [9.17, 15) is 5.11 Å². The van der Waals surface area contributed by atoms with Crippen LogP contribution in [0, 0.1) is 11.8 Å². The number of aliphatic hydroxyl groups is 1. The third-order valence-electron chi connectivity index (χ3n) is 5.59. The van der Waals surface area contributed by atoms with Crippen LogP contribution < -0.4 is 0 Å². The molecular weight excluding hydrogens is 378 g/mol. The molecule has 0 aliphatic heterocycles. The topological polar surface area (TPSA) is 20.2 Å². The van der Waals surface area contributed by atoms with Crippen molar-refractivity contribution in [1.82, 2.24) is 0 Å². The molecule has 0 spiro atoms. The molecule has 0 aromatic heterocycles. The molecule has 0 fully saturated rings. The van der Waals surface area contributed by atoms with E-state index in [0.717, 1.165) is 50.4 Å². The summed E-state index contributed by atoms with van der Waals surface area (Å²) in [5.74, 6) is 6.45. The summed E-state index contributed by atoms with van der Waals surface area (Å²) < 4.78 is 0.782. The number of hydrogen-bond acceptors (Lipinski definition) is 1. The summed E-state index contributed by atoms with van der Waals surface area (Å²) in [7, 11) is 4.36. The van der Waals surface area contributed by atoms with Crippen molar-refractivity contribution in [2.45, 2.75) is 18.6 Å². The van der Waals surface area contributed by atoms with Crippen LogP contribution in [-0.2, 0) is 12.1 Å². The molecule has 3 heteroatoms. The maximum Gasteiger partial charge on any atom is 0.178 e. The average molecular weight is 403 g/mol. The first kappa shape index (κ1) is 19.7. The first-order valence-corrected chi connectivity index (χ1v) is 10.3. The van der Waals surface area contributed by atoms with E-state index in [0.29, 0.717) is 6.42 Å². The Bertz CT molecular complexity index is 1060. The summed E-state index contributed by atoms with van der Waals surface area (Å²) in [5.41, 5.74) is 3.78. The summed E-state index contributed by atoms with van der Waals surface area (Å²) in [5, 5.41) is 12.3. The highest BCUT2D eigenvalue weighted by Gasteiger charge is 2.39. The molecule has 146 valence electrons. The molecule has 4 rings (SSSR count). The van der Waals surface area contributed by atoms with Gasteiger partial charge in [-0.25, -0.2) is 0 Å². The lowest BCUT2D eigenvalue weighted by molar-refractivity contribution is -0.903. The van der Waals surface area contributed by atoms with Crippen molar-refractivity contribution in [2.24, 2.45) is 0 Å². The van der Waals surface area contributed by atoms with Gasteiger partial charge in [-0.1, -0.05) is 90.2 Å². The molecule has 0 bridgehead atoms. The average Bonchev–Trinajstić information content (AvgIpc) is 2.97. The van der Waals surface area contributed by atoms with E-state index in [4.69, 9.17) is 11.6 Å². The van der Waals surface area contributed by atoms with E-state index in [2.05, 4.69) is 44.1 Å². The van der Waals surface area contributed by atoms with Crippen LogP contribution in [0.3, 0.4) is 0 Å². The monoisotopic (exact) mass is 402 g/mol. The van der Waals surface area contributed by atoms with E-state index in [1.807, 2.05) is 54.6 Å². The summed E-state index contributed by atoms with van der Waals surface area (Å²) >= 11 is 6.32. The Morgan fingerprint density at radius 3 is 2.03 bits per heavy atom. The molecule has 0 amide bonds. The largest absolute Gasteiger partial charge is 0.369 e. The summed E-state index contributed by atoms with van der Waals surface area (Å²) in [6.45, 7) is 1.72. The van der Waals surface area contributed by atoms with E-state index in [1.54, 1.807) is 0 Å². The lowest BCUT2D eigenvalue weighted by Gasteiger charge is -2.29. The standard InChI is InChI=1S/C26H25ClNO/c1-28(2,19-20-11-3-8-16-25(20)27)18-10-9-17-26(29)23-14-6-4-12-21(23)22-13-5-7-15-24(22)26/h3-8,11-16,29H,10,18-19H2,1-2H3/q+1. The van der Waals surface area contributed by atoms with Crippen molar-refractivity contribution in [1.29, 1.82) is 0 Å². The van der Waals surface area contributed by atoms with Crippen LogP contribution in [0.25, 0.3) is 11.1 Å². The molecule has 3 aromatic rings. The number of hydrogen-bond donors (Lipinski definition) is 1. The zero-order valence-corrected chi connectivity index (χ0v) is 17.6. The molecule has 0 unspecified atom stereocenters. The molecule has 1 N–H and O–H groups in total. The Kier molecular flexibility index (Phi) is 5.23. The molecule has 0 saturated heterocycles. The van der Waals surface area contributed by atoms with Gasteiger partial charge < -0.3 is 9.59 Å². The van der Waals surface area contributed by atoms with Gasteiger partial charge in [-0.3, -0.25) is 0 Å². The summed E-state index contributed by atoms with van der Waals surface area (Å²) in [4.78, 5) is 0. The normalized spacial score (nSPS) is 13.9. The molecule has 0 heterocycles. The first-order chi connectivity index (χ1) is 13.9. The van der Waals surface area contributed by atoms with Crippen molar-refractivity contribution in [2.75, 3.05) is 20.6 Å². The highest BCUT2D eigenvalue weighted by molar-refractivity contribution is 6.31. The van der Waals surface area contributed by atoms with Gasteiger partial charge in [-0.2, -0.15) is 0 Å². The minimum atomic E-state index is -1.24. The zero-order chi connectivity index (χ0) is 20.5. The first-order valence-electron chi connectivity index (χ1n) is 9.88. The van der Waals surface area contributed by atoms with Crippen molar-refractivity contribution in [3.05, 3.63) is 94.5 Å². The van der Waals surface area contributed by atoms with Gasteiger partial charge in [-0.15, -0.1) is 0 Å². The van der Waals surface area contributed by atoms with Gasteiger partial charge >= 0.3 is 0 Å². The Balaban J connectivity index is 1.53. The molecule has 1 aliphatic carbocycles. The molecule has 2 nitrogen and oxygen atoms in total. The van der Waals surface area contributed by atoms with E-state index >= 15 is 0 Å². The SMILES string of the molecule is C[N+](C)(CCC#CC1(O)c2ccccc2-c2ccccc21)Cc1ccccc1Cl. The molecule has 3 aromatic carbocycles. The molecule has 0 radical (unpaired) electrons. The maximum absolute atomic E-state index is 11.5. The number of rotatable bonds is 4. The Morgan fingerprint density at radius 1 is 0.862 bits per heavy atom. The van der Waals surface area contributed by atoms with Gasteiger partial charge in [0.1, 0.15) is 6.54 Å². The van der Waals surface area contributed by atoms with Crippen LogP contribution in [0.5, 0.6) is 0 Å². The third kappa shape index (κ3) is 3.82. The second kappa shape index (κ2) is 7.69. The third-order valence-corrected chi connectivity index (χ3v) is 5.96. The Hall–Kier alpha value is -2.57. The minimum absolute atomic E-state index is 0.699. The number of quaternary nitrogens is 1. The lowest BCUT2D eigenvalue weighted by Crippen LogP contribution is -2.39. The van der Waals surface area contributed by atoms with Crippen molar-refractivity contribution in [3.8, 4) is 23.0 Å². The molecule has 29 heavy (non-hydrogen) atoms.